The minimum Gasteiger partial charge on any atom is -0.335 e. The molecule has 0 radical (unpaired) electrons. The molecule has 2 aromatic rings. The Morgan fingerprint density at radius 3 is 2.93 bits per heavy atom. The van der Waals surface area contributed by atoms with E-state index in [4.69, 9.17) is 12.2 Å². The van der Waals surface area contributed by atoms with Gasteiger partial charge in [-0.2, -0.15) is 0 Å². The fraction of sp³-hybridized carbons (Fsp3) is 0.100. The highest BCUT2D eigenvalue weighted by molar-refractivity contribution is 7.71. The predicted molar refractivity (Wildman–Crippen MR) is 57.4 cm³/mol. The first-order valence-corrected chi connectivity index (χ1v) is 4.65. The van der Waals surface area contributed by atoms with Gasteiger partial charge in [-0.25, -0.2) is 4.98 Å². The maximum Gasteiger partial charge on any atom is 0.197 e. The number of rotatable bonds is 1. The van der Waals surface area contributed by atoms with Crippen LogP contribution >= 0.6 is 12.2 Å². The fourth-order valence-corrected chi connectivity index (χ4v) is 1.50. The Kier molecular flexibility index (Phi) is 2.37. The van der Waals surface area contributed by atoms with E-state index in [0.29, 0.717) is 4.77 Å². The average molecular weight is 203 g/mol. The predicted octanol–water partition coefficient (Wildman–Crippen LogP) is 2.51. The number of nitrogens with zero attached hydrogens (tertiary/aromatic N) is 2. The summed E-state index contributed by atoms with van der Waals surface area (Å²) >= 11 is 5.00. The molecule has 2 heterocycles. The maximum absolute atomic E-state index is 5.00. The Morgan fingerprint density at radius 1 is 1.43 bits per heavy atom. The van der Waals surface area contributed by atoms with Crippen LogP contribution < -0.4 is 0 Å². The van der Waals surface area contributed by atoms with E-state index in [1.165, 1.54) is 0 Å². The molecule has 3 nitrogen and oxygen atoms in total. The molecule has 0 bridgehead atoms. The normalized spacial score (nSPS) is 10.1. The third-order valence-corrected chi connectivity index (χ3v) is 2.03. The van der Waals surface area contributed by atoms with E-state index in [2.05, 4.69) is 15.0 Å². The van der Waals surface area contributed by atoms with Gasteiger partial charge >= 0.3 is 0 Å². The summed E-state index contributed by atoms with van der Waals surface area (Å²) in [5, 5.41) is 0. The molecule has 0 saturated heterocycles. The minimum absolute atomic E-state index is 0.504. The third-order valence-electron chi connectivity index (χ3n) is 1.84. The van der Waals surface area contributed by atoms with Gasteiger partial charge in [0.2, 0.25) is 0 Å². The molecule has 0 aromatic carbocycles. The van der Waals surface area contributed by atoms with Crippen LogP contribution in [0.1, 0.15) is 5.69 Å². The molecule has 0 amide bonds. The summed E-state index contributed by atoms with van der Waals surface area (Å²) in [6.07, 6.45) is 3.51. The smallest absolute Gasteiger partial charge is 0.197 e. The van der Waals surface area contributed by atoms with Crippen molar-refractivity contribution in [3.8, 4) is 11.3 Å². The van der Waals surface area contributed by atoms with Crippen molar-refractivity contribution in [2.75, 3.05) is 0 Å². The number of H-pyrrole nitrogens is 1. The topological polar surface area (TPSA) is 41.6 Å². The maximum atomic E-state index is 5.00. The van der Waals surface area contributed by atoms with Gasteiger partial charge in [-0.15, -0.1) is 0 Å². The van der Waals surface area contributed by atoms with Crippen molar-refractivity contribution in [2.24, 2.45) is 0 Å². The lowest BCUT2D eigenvalue weighted by Crippen LogP contribution is -1.90. The molecule has 0 saturated carbocycles. The lowest BCUT2D eigenvalue weighted by Gasteiger charge is -2.00. The van der Waals surface area contributed by atoms with Crippen LogP contribution in [0.25, 0.3) is 11.3 Å². The van der Waals surface area contributed by atoms with Gasteiger partial charge in [0.25, 0.3) is 0 Å². The van der Waals surface area contributed by atoms with Crippen molar-refractivity contribution in [2.45, 2.75) is 6.92 Å². The van der Waals surface area contributed by atoms with Crippen LogP contribution in [-0.2, 0) is 0 Å². The third kappa shape index (κ3) is 1.85. The van der Waals surface area contributed by atoms with Gasteiger partial charge in [0.1, 0.15) is 0 Å². The number of hydrogen-bond acceptors (Lipinski definition) is 3. The first-order valence-electron chi connectivity index (χ1n) is 4.24. The van der Waals surface area contributed by atoms with Crippen LogP contribution in [0.5, 0.6) is 0 Å². The van der Waals surface area contributed by atoms with Gasteiger partial charge in [-0.05, 0) is 37.3 Å². The Morgan fingerprint density at radius 2 is 2.29 bits per heavy atom. The molecular weight excluding hydrogens is 194 g/mol. The van der Waals surface area contributed by atoms with Crippen LogP contribution in [-0.4, -0.2) is 15.0 Å². The summed E-state index contributed by atoms with van der Waals surface area (Å²) in [4.78, 5) is 11.2. The van der Waals surface area contributed by atoms with Crippen molar-refractivity contribution in [1.82, 2.24) is 15.0 Å². The molecule has 14 heavy (non-hydrogen) atoms. The standard InChI is InChI=1S/C10H9N3S/c1-7-5-9(13-10(14)12-7)8-3-2-4-11-6-8/h2-6H,1H3,(H,12,13,14). The van der Waals surface area contributed by atoms with Crippen molar-refractivity contribution in [3.63, 3.8) is 0 Å². The van der Waals surface area contributed by atoms with Gasteiger partial charge in [0.15, 0.2) is 4.77 Å². The van der Waals surface area contributed by atoms with E-state index in [0.717, 1.165) is 17.0 Å². The lowest BCUT2D eigenvalue weighted by molar-refractivity contribution is 1.08. The van der Waals surface area contributed by atoms with Crippen molar-refractivity contribution in [3.05, 3.63) is 41.1 Å². The summed E-state index contributed by atoms with van der Waals surface area (Å²) in [5.74, 6) is 0. The molecule has 0 atom stereocenters. The van der Waals surface area contributed by atoms with Gasteiger partial charge in [0.05, 0.1) is 5.69 Å². The lowest BCUT2D eigenvalue weighted by atomic mass is 10.2. The molecule has 0 unspecified atom stereocenters. The van der Waals surface area contributed by atoms with Crippen LogP contribution in [0.3, 0.4) is 0 Å². The molecule has 2 aromatic heterocycles. The van der Waals surface area contributed by atoms with Crippen molar-refractivity contribution < 1.29 is 0 Å². The first kappa shape index (κ1) is 9.02. The van der Waals surface area contributed by atoms with Crippen molar-refractivity contribution >= 4 is 12.2 Å². The van der Waals surface area contributed by atoms with Crippen molar-refractivity contribution in [1.29, 1.82) is 0 Å². The van der Waals surface area contributed by atoms with E-state index in [9.17, 15) is 0 Å². The van der Waals surface area contributed by atoms with Crippen LogP contribution in [0.15, 0.2) is 30.6 Å². The molecule has 0 spiro atoms. The fourth-order valence-electron chi connectivity index (χ4n) is 1.24. The quantitative estimate of drug-likeness (QED) is 0.724. The average Bonchev–Trinajstić information content (AvgIpc) is 2.18. The zero-order valence-corrected chi connectivity index (χ0v) is 8.51. The molecule has 0 fully saturated rings. The van der Waals surface area contributed by atoms with Crippen LogP contribution in [0, 0.1) is 11.7 Å². The number of aromatic nitrogens is 3. The van der Waals surface area contributed by atoms with E-state index in [-0.39, 0.29) is 0 Å². The highest BCUT2D eigenvalue weighted by Crippen LogP contribution is 2.14. The second-order valence-corrected chi connectivity index (χ2v) is 3.38. The number of aryl methyl sites for hydroxylation is 1. The Hall–Kier alpha value is -1.55. The molecular formula is C10H9N3S. The molecule has 0 aliphatic carbocycles. The zero-order valence-electron chi connectivity index (χ0n) is 7.69. The molecule has 1 N–H and O–H groups in total. The van der Waals surface area contributed by atoms with Gasteiger partial charge in [-0.3, -0.25) is 4.98 Å². The summed E-state index contributed by atoms with van der Waals surface area (Å²) in [7, 11) is 0. The second-order valence-electron chi connectivity index (χ2n) is 3.00. The highest BCUT2D eigenvalue weighted by atomic mass is 32.1. The van der Waals surface area contributed by atoms with E-state index < -0.39 is 0 Å². The SMILES string of the molecule is Cc1cc(-c2cccnc2)nc(=S)[nH]1. The molecule has 2 rings (SSSR count). The molecule has 0 aliphatic heterocycles. The molecule has 0 aliphatic rings. The summed E-state index contributed by atoms with van der Waals surface area (Å²) in [6, 6.07) is 5.79. The highest BCUT2D eigenvalue weighted by Gasteiger charge is 1.99. The Labute approximate surface area is 86.9 Å². The summed E-state index contributed by atoms with van der Waals surface area (Å²) < 4.78 is 0.504. The van der Waals surface area contributed by atoms with E-state index in [1.807, 2.05) is 25.1 Å². The van der Waals surface area contributed by atoms with Gasteiger partial charge < -0.3 is 4.98 Å². The summed E-state index contributed by atoms with van der Waals surface area (Å²) in [5.41, 5.74) is 2.85. The first-order chi connectivity index (χ1) is 6.75. The van der Waals surface area contributed by atoms with Gasteiger partial charge in [-0.1, -0.05) is 0 Å². The monoisotopic (exact) mass is 203 g/mol. The molecule has 4 heteroatoms. The largest absolute Gasteiger partial charge is 0.335 e. The number of pyridine rings is 1. The minimum atomic E-state index is 0.504. The second kappa shape index (κ2) is 3.67. The Balaban J connectivity index is 2.58. The Bertz CT molecular complexity index is 490. The van der Waals surface area contributed by atoms with Gasteiger partial charge in [0, 0.05) is 23.7 Å². The summed E-state index contributed by atoms with van der Waals surface area (Å²) in [6.45, 7) is 1.96. The molecule has 70 valence electrons. The zero-order chi connectivity index (χ0) is 9.97. The van der Waals surface area contributed by atoms with E-state index in [1.54, 1.807) is 12.4 Å². The van der Waals surface area contributed by atoms with E-state index >= 15 is 0 Å². The van der Waals surface area contributed by atoms with Crippen LogP contribution in [0.2, 0.25) is 0 Å². The number of aromatic amines is 1. The number of hydrogen-bond donors (Lipinski definition) is 1. The van der Waals surface area contributed by atoms with Crippen LogP contribution in [0.4, 0.5) is 0 Å². The number of nitrogens with one attached hydrogen (secondary N) is 1.